The van der Waals surface area contributed by atoms with Gasteiger partial charge in [0.1, 0.15) is 5.82 Å². The Morgan fingerprint density at radius 1 is 1.32 bits per heavy atom. The second kappa shape index (κ2) is 7.12. The molecule has 0 saturated carbocycles. The third kappa shape index (κ3) is 4.28. The van der Waals surface area contributed by atoms with E-state index in [0.717, 1.165) is 5.69 Å². The number of rotatable bonds is 5. The van der Waals surface area contributed by atoms with Gasteiger partial charge in [0, 0.05) is 62.1 Å². The van der Waals surface area contributed by atoms with Crippen molar-refractivity contribution in [2.45, 2.75) is 25.4 Å². The zero-order valence-corrected chi connectivity index (χ0v) is 13.9. The van der Waals surface area contributed by atoms with Crippen LogP contribution >= 0.6 is 0 Å². The van der Waals surface area contributed by atoms with Crippen molar-refractivity contribution in [1.29, 1.82) is 0 Å². The van der Waals surface area contributed by atoms with E-state index in [1.807, 2.05) is 6.92 Å². The van der Waals surface area contributed by atoms with E-state index in [9.17, 15) is 15.2 Å². The number of aryl methyl sites for hydroxylation is 1. The number of nitro groups is 1. The van der Waals surface area contributed by atoms with Crippen LogP contribution in [-0.2, 0) is 4.74 Å². The fourth-order valence-corrected chi connectivity index (χ4v) is 2.73. The molecule has 1 saturated heterocycles. The summed E-state index contributed by atoms with van der Waals surface area (Å²) in [6.07, 6.45) is 1.14. The van der Waals surface area contributed by atoms with Gasteiger partial charge in [0.2, 0.25) is 0 Å². The Bertz CT molecular complexity index is 775. The number of non-ortho nitro benzene ring substituents is 1. The molecule has 132 valence electrons. The molecule has 3 rings (SSSR count). The summed E-state index contributed by atoms with van der Waals surface area (Å²) >= 11 is 0. The number of nitrogens with one attached hydrogen (secondary N) is 1. The summed E-state index contributed by atoms with van der Waals surface area (Å²) in [6, 6.07) is 8.00. The van der Waals surface area contributed by atoms with Crippen LogP contribution in [0.5, 0.6) is 0 Å². The molecule has 8 heteroatoms. The lowest BCUT2D eigenvalue weighted by atomic mass is 9.94. The second-order valence-corrected chi connectivity index (χ2v) is 6.22. The molecule has 8 nitrogen and oxygen atoms in total. The van der Waals surface area contributed by atoms with Crippen molar-refractivity contribution >= 4 is 11.5 Å². The SMILES string of the molecule is Cc1cc(NCC2(O)CCOCC2)nc(-c2cccc([N+](=O)[O-])c2)n1. The molecule has 2 aromatic rings. The van der Waals surface area contributed by atoms with Crippen LogP contribution < -0.4 is 5.32 Å². The van der Waals surface area contributed by atoms with Crippen molar-refractivity contribution in [2.24, 2.45) is 0 Å². The molecule has 0 radical (unpaired) electrons. The molecular weight excluding hydrogens is 324 g/mol. The largest absolute Gasteiger partial charge is 0.388 e. The third-order valence-electron chi connectivity index (χ3n) is 4.19. The lowest BCUT2D eigenvalue weighted by Crippen LogP contribution is -2.42. The number of anilines is 1. The monoisotopic (exact) mass is 344 g/mol. The number of hydrogen-bond acceptors (Lipinski definition) is 7. The highest BCUT2D eigenvalue weighted by atomic mass is 16.6. The van der Waals surface area contributed by atoms with Gasteiger partial charge in [-0.05, 0) is 6.92 Å². The summed E-state index contributed by atoms with van der Waals surface area (Å²) in [4.78, 5) is 19.3. The average molecular weight is 344 g/mol. The van der Waals surface area contributed by atoms with E-state index in [2.05, 4.69) is 15.3 Å². The Balaban J connectivity index is 1.81. The van der Waals surface area contributed by atoms with E-state index in [1.54, 1.807) is 18.2 Å². The minimum absolute atomic E-state index is 0.00590. The maximum atomic E-state index is 10.9. The van der Waals surface area contributed by atoms with Crippen LogP contribution in [0.4, 0.5) is 11.5 Å². The molecule has 1 aliphatic heterocycles. The van der Waals surface area contributed by atoms with Crippen molar-refractivity contribution in [2.75, 3.05) is 25.1 Å². The molecule has 1 aromatic heterocycles. The van der Waals surface area contributed by atoms with Crippen molar-refractivity contribution < 1.29 is 14.8 Å². The molecule has 2 N–H and O–H groups in total. The normalized spacial score (nSPS) is 16.4. The van der Waals surface area contributed by atoms with E-state index < -0.39 is 10.5 Å². The molecule has 0 bridgehead atoms. The number of aromatic nitrogens is 2. The zero-order chi connectivity index (χ0) is 17.9. The van der Waals surface area contributed by atoms with E-state index in [4.69, 9.17) is 4.74 Å². The molecular formula is C17H20N4O4. The quantitative estimate of drug-likeness (QED) is 0.632. The number of nitrogens with zero attached hydrogens (tertiary/aromatic N) is 3. The van der Waals surface area contributed by atoms with Crippen LogP contribution in [0.2, 0.25) is 0 Å². The van der Waals surface area contributed by atoms with Crippen LogP contribution in [0.15, 0.2) is 30.3 Å². The summed E-state index contributed by atoms with van der Waals surface area (Å²) in [5, 5.41) is 24.6. The van der Waals surface area contributed by atoms with Gasteiger partial charge >= 0.3 is 0 Å². The van der Waals surface area contributed by atoms with Gasteiger partial charge in [-0.15, -0.1) is 0 Å². The Labute approximate surface area is 145 Å². The average Bonchev–Trinajstić information content (AvgIpc) is 2.60. The minimum atomic E-state index is -0.817. The molecule has 1 aromatic carbocycles. The molecule has 0 unspecified atom stereocenters. The number of ether oxygens (including phenoxy) is 1. The molecule has 0 amide bonds. The van der Waals surface area contributed by atoms with Gasteiger partial charge < -0.3 is 15.2 Å². The van der Waals surface area contributed by atoms with E-state index in [0.29, 0.717) is 49.8 Å². The second-order valence-electron chi connectivity index (χ2n) is 6.22. The Hall–Kier alpha value is -2.58. The number of nitro benzene ring substituents is 1. The first kappa shape index (κ1) is 17.2. The number of benzene rings is 1. The Morgan fingerprint density at radius 3 is 2.80 bits per heavy atom. The standard InChI is InChI=1S/C17H20N4O4/c1-12-9-15(18-11-17(22)5-7-25-8-6-17)20-16(19-12)13-3-2-4-14(10-13)21(23)24/h2-4,9-10,22H,5-8,11H2,1H3,(H,18,19,20). The van der Waals surface area contributed by atoms with Crippen molar-refractivity contribution in [3.8, 4) is 11.4 Å². The molecule has 1 aliphatic rings. The highest BCUT2D eigenvalue weighted by Crippen LogP contribution is 2.24. The first-order chi connectivity index (χ1) is 12.0. The Kier molecular flexibility index (Phi) is 4.91. The van der Waals surface area contributed by atoms with Crippen molar-refractivity contribution in [3.63, 3.8) is 0 Å². The summed E-state index contributed by atoms with van der Waals surface area (Å²) in [5.41, 5.74) is 0.486. The number of hydrogen-bond donors (Lipinski definition) is 2. The number of aliphatic hydroxyl groups is 1. The van der Waals surface area contributed by atoms with Gasteiger partial charge in [-0.2, -0.15) is 0 Å². The molecule has 0 aliphatic carbocycles. The Morgan fingerprint density at radius 2 is 2.08 bits per heavy atom. The lowest BCUT2D eigenvalue weighted by Gasteiger charge is -2.32. The molecule has 0 atom stereocenters. The van der Waals surface area contributed by atoms with Gasteiger partial charge in [-0.1, -0.05) is 12.1 Å². The predicted octanol–water partition coefficient (Wildman–Crippen LogP) is 2.31. The van der Waals surface area contributed by atoms with Crippen LogP contribution in [0.25, 0.3) is 11.4 Å². The van der Waals surface area contributed by atoms with Crippen LogP contribution in [0, 0.1) is 17.0 Å². The maximum Gasteiger partial charge on any atom is 0.270 e. The van der Waals surface area contributed by atoms with Gasteiger partial charge in [-0.25, -0.2) is 9.97 Å². The fraction of sp³-hybridized carbons (Fsp3) is 0.412. The zero-order valence-electron chi connectivity index (χ0n) is 13.9. The van der Waals surface area contributed by atoms with E-state index >= 15 is 0 Å². The first-order valence-corrected chi connectivity index (χ1v) is 8.10. The van der Waals surface area contributed by atoms with Crippen LogP contribution in [-0.4, -0.2) is 45.4 Å². The first-order valence-electron chi connectivity index (χ1n) is 8.10. The molecule has 1 fully saturated rings. The summed E-state index contributed by atoms with van der Waals surface area (Å²) in [5.74, 6) is 0.985. The lowest BCUT2D eigenvalue weighted by molar-refractivity contribution is -0.384. The molecule has 0 spiro atoms. The minimum Gasteiger partial charge on any atom is -0.388 e. The van der Waals surface area contributed by atoms with Gasteiger partial charge in [0.15, 0.2) is 5.82 Å². The van der Waals surface area contributed by atoms with Crippen molar-refractivity contribution in [3.05, 3.63) is 46.1 Å². The maximum absolute atomic E-state index is 10.9. The molecule has 2 heterocycles. The third-order valence-corrected chi connectivity index (χ3v) is 4.19. The van der Waals surface area contributed by atoms with Gasteiger partial charge in [-0.3, -0.25) is 10.1 Å². The molecule has 25 heavy (non-hydrogen) atoms. The van der Waals surface area contributed by atoms with Crippen molar-refractivity contribution in [1.82, 2.24) is 9.97 Å². The highest BCUT2D eigenvalue weighted by molar-refractivity contribution is 5.61. The summed E-state index contributed by atoms with van der Waals surface area (Å²) in [7, 11) is 0. The highest BCUT2D eigenvalue weighted by Gasteiger charge is 2.29. The summed E-state index contributed by atoms with van der Waals surface area (Å²) in [6.45, 7) is 3.28. The topological polar surface area (TPSA) is 110 Å². The predicted molar refractivity (Wildman–Crippen MR) is 92.4 cm³/mol. The van der Waals surface area contributed by atoms with Crippen LogP contribution in [0.1, 0.15) is 18.5 Å². The fourth-order valence-electron chi connectivity index (χ4n) is 2.73. The summed E-state index contributed by atoms with van der Waals surface area (Å²) < 4.78 is 5.28. The smallest absolute Gasteiger partial charge is 0.270 e. The van der Waals surface area contributed by atoms with Gasteiger partial charge in [0.05, 0.1) is 10.5 Å². The van der Waals surface area contributed by atoms with E-state index in [-0.39, 0.29) is 5.69 Å². The van der Waals surface area contributed by atoms with Gasteiger partial charge in [0.25, 0.3) is 5.69 Å². The van der Waals surface area contributed by atoms with Crippen LogP contribution in [0.3, 0.4) is 0 Å². The van der Waals surface area contributed by atoms with E-state index in [1.165, 1.54) is 12.1 Å².